The van der Waals surface area contributed by atoms with Gasteiger partial charge in [-0.3, -0.25) is 4.79 Å². The maximum atomic E-state index is 12.7. The number of ketones is 1. The highest BCUT2D eigenvalue weighted by Gasteiger charge is 2.18. The highest BCUT2D eigenvalue weighted by Crippen LogP contribution is 2.27. The molecule has 1 heterocycles. The molecule has 0 aliphatic carbocycles. The number of carbonyl (C=O) groups excluding carboxylic acids is 1. The van der Waals surface area contributed by atoms with E-state index >= 15 is 0 Å². The van der Waals surface area contributed by atoms with Gasteiger partial charge in [-0.25, -0.2) is 0 Å². The molecule has 0 radical (unpaired) electrons. The first kappa shape index (κ1) is 13.2. The first-order chi connectivity index (χ1) is 9.58. The van der Waals surface area contributed by atoms with E-state index in [1.54, 1.807) is 18.2 Å². The Morgan fingerprint density at radius 3 is 2.60 bits per heavy atom. The highest BCUT2D eigenvalue weighted by atomic mass is 35.5. The van der Waals surface area contributed by atoms with Crippen LogP contribution in [0.4, 0.5) is 0 Å². The average Bonchev–Trinajstić information content (AvgIpc) is 2.79. The predicted octanol–water partition coefficient (Wildman–Crippen LogP) is 4.72. The Bertz CT molecular complexity index is 820. The van der Waals surface area contributed by atoms with E-state index in [1.165, 1.54) is 0 Å². The summed E-state index contributed by atoms with van der Waals surface area (Å²) in [5.74, 6) is -0.116. The minimum atomic E-state index is -0.116. The smallest absolute Gasteiger partial charge is 0.196 e. The molecule has 2 nitrogen and oxygen atoms in total. The summed E-state index contributed by atoms with van der Waals surface area (Å²) in [5, 5.41) is 1.82. The van der Waals surface area contributed by atoms with Gasteiger partial charge in [-0.1, -0.05) is 41.4 Å². The van der Waals surface area contributed by atoms with E-state index < -0.39 is 0 Å². The van der Waals surface area contributed by atoms with Crippen LogP contribution in [0.15, 0.2) is 48.7 Å². The minimum absolute atomic E-state index is 0.116. The van der Waals surface area contributed by atoms with Crippen molar-refractivity contribution in [2.24, 2.45) is 7.05 Å². The zero-order valence-electron chi connectivity index (χ0n) is 10.7. The number of para-hydroxylation sites is 1. The molecular formula is C16H11Cl2NO. The lowest BCUT2D eigenvalue weighted by Crippen LogP contribution is -2.01. The number of nitrogens with zero attached hydrogens (tertiary/aromatic N) is 1. The summed E-state index contributed by atoms with van der Waals surface area (Å²) in [6.45, 7) is 0. The van der Waals surface area contributed by atoms with Crippen LogP contribution in [0.5, 0.6) is 0 Å². The van der Waals surface area contributed by atoms with Crippen LogP contribution >= 0.6 is 23.2 Å². The Balaban J connectivity index is 2.20. The molecule has 0 aliphatic heterocycles. The molecule has 0 unspecified atom stereocenters. The molecule has 100 valence electrons. The molecule has 0 saturated heterocycles. The summed E-state index contributed by atoms with van der Waals surface area (Å²) < 4.78 is 1.93. The fourth-order valence-corrected chi connectivity index (χ4v) is 2.71. The quantitative estimate of drug-likeness (QED) is 0.628. The summed E-state index contributed by atoms with van der Waals surface area (Å²) >= 11 is 12.1. The maximum Gasteiger partial charge on any atom is 0.196 e. The van der Waals surface area contributed by atoms with Crippen LogP contribution < -0.4 is 0 Å². The topological polar surface area (TPSA) is 22.0 Å². The van der Waals surface area contributed by atoms with E-state index in [2.05, 4.69) is 0 Å². The Morgan fingerprint density at radius 2 is 1.80 bits per heavy atom. The molecule has 0 saturated carbocycles. The zero-order valence-corrected chi connectivity index (χ0v) is 12.2. The second-order valence-electron chi connectivity index (χ2n) is 4.62. The number of rotatable bonds is 2. The highest BCUT2D eigenvalue weighted by molar-refractivity contribution is 6.37. The molecule has 0 fully saturated rings. The van der Waals surface area contributed by atoms with Crippen molar-refractivity contribution in [3.63, 3.8) is 0 Å². The van der Waals surface area contributed by atoms with Gasteiger partial charge in [-0.15, -0.1) is 0 Å². The standard InChI is InChI=1S/C16H11Cl2NO/c1-19-9-13(11-4-2-3-5-15(11)19)16(20)12-8-10(17)6-7-14(12)18/h2-9H,1H3. The number of fused-ring (bicyclic) bond motifs is 1. The number of hydrogen-bond acceptors (Lipinski definition) is 1. The third-order valence-corrected chi connectivity index (χ3v) is 3.88. The Hall–Kier alpha value is -1.77. The molecular weight excluding hydrogens is 293 g/mol. The van der Waals surface area contributed by atoms with Crippen molar-refractivity contribution in [2.75, 3.05) is 0 Å². The van der Waals surface area contributed by atoms with E-state index in [1.807, 2.05) is 42.1 Å². The van der Waals surface area contributed by atoms with Gasteiger partial charge in [0.05, 0.1) is 5.02 Å². The minimum Gasteiger partial charge on any atom is -0.350 e. The number of carbonyl (C=O) groups is 1. The molecule has 3 rings (SSSR count). The van der Waals surface area contributed by atoms with Crippen LogP contribution in [0.25, 0.3) is 10.9 Å². The number of benzene rings is 2. The van der Waals surface area contributed by atoms with Gasteiger partial charge in [0.15, 0.2) is 5.78 Å². The van der Waals surface area contributed by atoms with E-state index in [4.69, 9.17) is 23.2 Å². The number of aromatic nitrogens is 1. The van der Waals surface area contributed by atoms with Crippen LogP contribution in [0.2, 0.25) is 10.0 Å². The average molecular weight is 304 g/mol. The second kappa shape index (κ2) is 4.97. The Morgan fingerprint density at radius 1 is 1.05 bits per heavy atom. The van der Waals surface area contributed by atoms with Crippen molar-refractivity contribution >= 4 is 39.9 Å². The lowest BCUT2D eigenvalue weighted by molar-refractivity contribution is 0.104. The van der Waals surface area contributed by atoms with Crippen molar-refractivity contribution in [1.82, 2.24) is 4.57 Å². The molecule has 4 heteroatoms. The van der Waals surface area contributed by atoms with Crippen LogP contribution in [0, 0.1) is 0 Å². The van der Waals surface area contributed by atoms with Gasteiger partial charge in [-0.05, 0) is 24.3 Å². The van der Waals surface area contributed by atoms with E-state index in [-0.39, 0.29) is 5.78 Å². The fraction of sp³-hybridized carbons (Fsp3) is 0.0625. The normalized spacial score (nSPS) is 10.9. The van der Waals surface area contributed by atoms with Crippen molar-refractivity contribution in [1.29, 1.82) is 0 Å². The molecule has 0 bridgehead atoms. The second-order valence-corrected chi connectivity index (χ2v) is 5.47. The molecule has 0 N–H and O–H groups in total. The number of halogens is 2. The first-order valence-corrected chi connectivity index (χ1v) is 6.87. The summed E-state index contributed by atoms with van der Waals surface area (Å²) in [4.78, 5) is 12.7. The van der Waals surface area contributed by atoms with E-state index in [0.717, 1.165) is 10.9 Å². The molecule has 3 aromatic rings. The van der Waals surface area contributed by atoms with E-state index in [0.29, 0.717) is 21.2 Å². The molecule has 1 aromatic heterocycles. The van der Waals surface area contributed by atoms with Crippen molar-refractivity contribution in [3.05, 3.63) is 69.8 Å². The molecule has 0 amide bonds. The monoisotopic (exact) mass is 303 g/mol. The van der Waals surface area contributed by atoms with Crippen LogP contribution in [-0.2, 0) is 7.05 Å². The van der Waals surface area contributed by atoms with Gasteiger partial charge in [0.2, 0.25) is 0 Å². The van der Waals surface area contributed by atoms with Gasteiger partial charge in [0.1, 0.15) is 0 Å². The molecule has 2 aromatic carbocycles. The van der Waals surface area contributed by atoms with Gasteiger partial charge in [0, 0.05) is 40.3 Å². The van der Waals surface area contributed by atoms with Gasteiger partial charge in [-0.2, -0.15) is 0 Å². The van der Waals surface area contributed by atoms with Crippen molar-refractivity contribution in [3.8, 4) is 0 Å². The molecule has 0 spiro atoms. The summed E-state index contributed by atoms with van der Waals surface area (Å²) in [6, 6.07) is 12.7. The third-order valence-electron chi connectivity index (χ3n) is 3.31. The van der Waals surface area contributed by atoms with Crippen LogP contribution in [-0.4, -0.2) is 10.4 Å². The summed E-state index contributed by atoms with van der Waals surface area (Å²) in [6.07, 6.45) is 1.82. The number of aryl methyl sites for hydroxylation is 1. The molecule has 20 heavy (non-hydrogen) atoms. The predicted molar refractivity (Wildman–Crippen MR) is 82.8 cm³/mol. The summed E-state index contributed by atoms with van der Waals surface area (Å²) in [7, 11) is 1.92. The van der Waals surface area contributed by atoms with E-state index in [9.17, 15) is 4.79 Å². The Kier molecular flexibility index (Phi) is 3.28. The summed E-state index contributed by atoms with van der Waals surface area (Å²) in [5.41, 5.74) is 2.07. The van der Waals surface area contributed by atoms with Gasteiger partial charge >= 0.3 is 0 Å². The maximum absolute atomic E-state index is 12.7. The number of hydrogen-bond donors (Lipinski definition) is 0. The molecule has 0 aliphatic rings. The fourth-order valence-electron chi connectivity index (χ4n) is 2.34. The lowest BCUT2D eigenvalue weighted by Gasteiger charge is -2.03. The first-order valence-electron chi connectivity index (χ1n) is 6.12. The zero-order chi connectivity index (χ0) is 14.3. The van der Waals surface area contributed by atoms with Gasteiger partial charge in [0.25, 0.3) is 0 Å². The third kappa shape index (κ3) is 2.11. The molecule has 0 atom stereocenters. The Labute approximate surface area is 126 Å². The van der Waals surface area contributed by atoms with Crippen LogP contribution in [0.3, 0.4) is 0 Å². The SMILES string of the molecule is Cn1cc(C(=O)c2cc(Cl)ccc2Cl)c2ccccc21. The van der Waals surface area contributed by atoms with Crippen molar-refractivity contribution in [2.45, 2.75) is 0 Å². The lowest BCUT2D eigenvalue weighted by atomic mass is 10.0. The van der Waals surface area contributed by atoms with Gasteiger partial charge < -0.3 is 4.57 Å². The van der Waals surface area contributed by atoms with Crippen molar-refractivity contribution < 1.29 is 4.79 Å². The largest absolute Gasteiger partial charge is 0.350 e. The van der Waals surface area contributed by atoms with Crippen LogP contribution in [0.1, 0.15) is 15.9 Å².